The average Bonchev–Trinajstić information content (AvgIpc) is 3.08. The van der Waals surface area contributed by atoms with Crippen molar-refractivity contribution in [2.24, 2.45) is 18.4 Å². The van der Waals surface area contributed by atoms with Gasteiger partial charge in [0, 0.05) is 42.8 Å². The Balaban J connectivity index is 1.79. The highest BCUT2D eigenvalue weighted by Crippen LogP contribution is 2.50. The fourth-order valence-electron chi connectivity index (χ4n) is 3.66. The summed E-state index contributed by atoms with van der Waals surface area (Å²) in [6, 6.07) is 0. The topological polar surface area (TPSA) is 63.9 Å². The van der Waals surface area contributed by atoms with Gasteiger partial charge in [-0.05, 0) is 25.0 Å². The zero-order valence-electron chi connectivity index (χ0n) is 14.9. The van der Waals surface area contributed by atoms with Gasteiger partial charge in [0.1, 0.15) is 5.82 Å². The van der Waals surface area contributed by atoms with Gasteiger partial charge in [0.25, 0.3) is 0 Å². The average molecular weight is 335 g/mol. The van der Waals surface area contributed by atoms with Crippen molar-refractivity contribution in [1.29, 1.82) is 0 Å². The Morgan fingerprint density at radius 1 is 1.20 bits per heavy atom. The van der Waals surface area contributed by atoms with Crippen LogP contribution in [0.25, 0.3) is 5.57 Å². The van der Waals surface area contributed by atoms with Crippen LogP contribution in [0.2, 0.25) is 0 Å². The molecule has 6 nitrogen and oxygen atoms in total. The van der Waals surface area contributed by atoms with Gasteiger partial charge in [0.2, 0.25) is 5.91 Å². The van der Waals surface area contributed by atoms with Gasteiger partial charge >= 0.3 is 0 Å². The van der Waals surface area contributed by atoms with Crippen molar-refractivity contribution < 1.29 is 4.79 Å². The largest absolute Gasteiger partial charge is 0.281 e. The summed E-state index contributed by atoms with van der Waals surface area (Å²) in [5.41, 5.74) is 3.44. The van der Waals surface area contributed by atoms with Crippen molar-refractivity contribution in [1.82, 2.24) is 19.7 Å². The predicted octanol–water partition coefficient (Wildman–Crippen LogP) is 2.88. The van der Waals surface area contributed by atoms with Gasteiger partial charge in [-0.2, -0.15) is 5.10 Å². The highest BCUT2D eigenvalue weighted by molar-refractivity contribution is 6.04. The summed E-state index contributed by atoms with van der Waals surface area (Å²) in [7, 11) is 1.86. The summed E-state index contributed by atoms with van der Waals surface area (Å²) in [5.74, 6) is 1.03. The van der Waals surface area contributed by atoms with Crippen LogP contribution in [-0.2, 0) is 11.8 Å². The third-order valence-electron chi connectivity index (χ3n) is 5.18. The quantitative estimate of drug-likeness (QED) is 0.846. The lowest BCUT2D eigenvalue weighted by Gasteiger charge is -2.25. The van der Waals surface area contributed by atoms with Crippen molar-refractivity contribution in [2.75, 3.05) is 4.90 Å². The number of aromatic nitrogens is 4. The smallest absolute Gasteiger partial charge is 0.237 e. The first kappa shape index (κ1) is 15.7. The summed E-state index contributed by atoms with van der Waals surface area (Å²) < 4.78 is 1.72. The molecule has 0 saturated carbocycles. The van der Waals surface area contributed by atoms with Gasteiger partial charge in [-0.15, -0.1) is 0 Å². The van der Waals surface area contributed by atoms with E-state index in [0.29, 0.717) is 0 Å². The molecule has 1 aliphatic carbocycles. The minimum atomic E-state index is -0.437. The zero-order valence-corrected chi connectivity index (χ0v) is 14.9. The van der Waals surface area contributed by atoms with E-state index in [1.165, 1.54) is 0 Å². The third kappa shape index (κ3) is 2.40. The van der Waals surface area contributed by atoms with E-state index in [-0.39, 0.29) is 11.8 Å². The number of hydrogen-bond donors (Lipinski definition) is 0. The lowest BCUT2D eigenvalue weighted by molar-refractivity contribution is -0.125. The van der Waals surface area contributed by atoms with Crippen molar-refractivity contribution >= 4 is 17.2 Å². The lowest BCUT2D eigenvalue weighted by atomic mass is 9.75. The fourth-order valence-corrected chi connectivity index (χ4v) is 3.66. The number of anilines is 1. The molecule has 4 rings (SSSR count). The Morgan fingerprint density at radius 2 is 1.92 bits per heavy atom. The number of amides is 1. The molecular weight excluding hydrogens is 314 g/mol. The number of hydrogen-bond acceptors (Lipinski definition) is 4. The van der Waals surface area contributed by atoms with Gasteiger partial charge in [-0.1, -0.05) is 19.9 Å². The second-order valence-corrected chi connectivity index (χ2v) is 7.27. The molecule has 2 aliphatic rings. The first-order valence-electron chi connectivity index (χ1n) is 8.42. The summed E-state index contributed by atoms with van der Waals surface area (Å²) in [6.45, 7) is 5.92. The summed E-state index contributed by atoms with van der Waals surface area (Å²) in [6.07, 6.45) is 12.4. The first-order valence-corrected chi connectivity index (χ1v) is 8.42. The Kier molecular flexibility index (Phi) is 3.39. The third-order valence-corrected chi connectivity index (χ3v) is 5.18. The van der Waals surface area contributed by atoms with Gasteiger partial charge < -0.3 is 0 Å². The van der Waals surface area contributed by atoms with Gasteiger partial charge in [-0.25, -0.2) is 9.97 Å². The number of carbonyl (C=O) groups is 1. The van der Waals surface area contributed by atoms with E-state index < -0.39 is 5.41 Å². The molecule has 2 aromatic heterocycles. The number of carbonyl (C=O) groups excluding carboxylic acids is 1. The predicted molar refractivity (Wildman–Crippen MR) is 95.4 cm³/mol. The minimum Gasteiger partial charge on any atom is -0.281 e. The molecular formula is C19H21N5O. The fraction of sp³-hybridized carbons (Fsp3) is 0.368. The number of rotatable bonds is 2. The molecule has 25 heavy (non-hydrogen) atoms. The monoisotopic (exact) mass is 335 g/mol. The molecule has 1 amide bonds. The van der Waals surface area contributed by atoms with Crippen LogP contribution in [0.5, 0.6) is 0 Å². The molecule has 0 aromatic carbocycles. The normalized spacial score (nSPS) is 21.8. The van der Waals surface area contributed by atoms with E-state index in [0.717, 1.165) is 34.8 Å². The molecule has 1 saturated heterocycles. The van der Waals surface area contributed by atoms with Crippen LogP contribution >= 0.6 is 0 Å². The highest BCUT2D eigenvalue weighted by atomic mass is 16.2. The van der Waals surface area contributed by atoms with E-state index >= 15 is 0 Å². The SMILES string of the molecule is Cc1ncc(C2=CCC3C(=C2)N(c2cnn(C)c2)C(=O)C3(C)C)cn1. The Morgan fingerprint density at radius 3 is 2.56 bits per heavy atom. The van der Waals surface area contributed by atoms with Crippen LogP contribution in [0.3, 0.4) is 0 Å². The second-order valence-electron chi connectivity index (χ2n) is 7.27. The number of allylic oxidation sites excluding steroid dienone is 4. The molecule has 1 fully saturated rings. The molecule has 1 unspecified atom stereocenters. The Hall–Kier alpha value is -2.76. The lowest BCUT2D eigenvalue weighted by Crippen LogP contribution is -2.31. The van der Waals surface area contributed by atoms with Crippen LogP contribution in [0, 0.1) is 18.3 Å². The van der Waals surface area contributed by atoms with Crippen LogP contribution in [-0.4, -0.2) is 25.7 Å². The number of aryl methyl sites for hydroxylation is 2. The van der Waals surface area contributed by atoms with E-state index in [9.17, 15) is 4.79 Å². The van der Waals surface area contributed by atoms with Crippen LogP contribution < -0.4 is 4.90 Å². The van der Waals surface area contributed by atoms with E-state index in [2.05, 4.69) is 27.2 Å². The molecule has 128 valence electrons. The minimum absolute atomic E-state index is 0.117. The zero-order chi connectivity index (χ0) is 17.8. The molecule has 1 atom stereocenters. The summed E-state index contributed by atoms with van der Waals surface area (Å²) in [5, 5.41) is 4.23. The summed E-state index contributed by atoms with van der Waals surface area (Å²) in [4.78, 5) is 23.5. The van der Waals surface area contributed by atoms with Crippen molar-refractivity contribution in [2.45, 2.75) is 27.2 Å². The molecule has 6 heteroatoms. The second kappa shape index (κ2) is 5.37. The maximum absolute atomic E-state index is 13.1. The van der Waals surface area contributed by atoms with Crippen LogP contribution in [0.4, 0.5) is 5.69 Å². The van der Waals surface area contributed by atoms with Gasteiger partial charge in [0.05, 0.1) is 17.3 Å². The maximum atomic E-state index is 13.1. The highest BCUT2D eigenvalue weighted by Gasteiger charge is 2.51. The molecule has 0 radical (unpaired) electrons. The van der Waals surface area contributed by atoms with Crippen molar-refractivity contribution in [3.8, 4) is 0 Å². The van der Waals surface area contributed by atoms with Gasteiger partial charge in [0.15, 0.2) is 0 Å². The maximum Gasteiger partial charge on any atom is 0.237 e. The van der Waals surface area contributed by atoms with E-state index in [1.54, 1.807) is 10.9 Å². The van der Waals surface area contributed by atoms with E-state index in [4.69, 9.17) is 0 Å². The van der Waals surface area contributed by atoms with Crippen LogP contribution in [0.15, 0.2) is 42.6 Å². The molecule has 1 aliphatic heterocycles. The summed E-state index contributed by atoms with van der Waals surface area (Å²) >= 11 is 0. The molecule has 0 bridgehead atoms. The van der Waals surface area contributed by atoms with Crippen molar-refractivity contribution in [3.05, 3.63) is 54.0 Å². The Labute approximate surface area is 146 Å². The standard InChI is InChI=1S/C19H21N5O/c1-12-20-8-14(9-21-12)13-5-6-16-17(7-13)24(18(25)19(16,2)3)15-10-22-23(4)11-15/h5,7-11,16H,6H2,1-4H3. The molecule has 3 heterocycles. The number of nitrogens with zero attached hydrogens (tertiary/aromatic N) is 5. The Bertz CT molecular complexity index is 904. The van der Waals surface area contributed by atoms with Crippen molar-refractivity contribution in [3.63, 3.8) is 0 Å². The molecule has 0 spiro atoms. The van der Waals surface area contributed by atoms with E-state index in [1.807, 2.05) is 51.3 Å². The van der Waals surface area contributed by atoms with Gasteiger partial charge in [-0.3, -0.25) is 14.4 Å². The molecule has 0 N–H and O–H groups in total. The molecule has 2 aromatic rings. The van der Waals surface area contributed by atoms with Crippen LogP contribution in [0.1, 0.15) is 31.7 Å². The first-order chi connectivity index (χ1) is 11.9. The number of fused-ring (bicyclic) bond motifs is 1.